The van der Waals surface area contributed by atoms with E-state index in [2.05, 4.69) is 21.2 Å². The molecule has 1 aliphatic rings. The molecule has 1 aliphatic carbocycles. The Balaban J connectivity index is 1.85. The van der Waals surface area contributed by atoms with Crippen molar-refractivity contribution in [2.24, 2.45) is 5.92 Å². The lowest BCUT2D eigenvalue weighted by atomic mass is 10.3. The van der Waals surface area contributed by atoms with E-state index in [4.69, 9.17) is 5.11 Å². The van der Waals surface area contributed by atoms with Crippen molar-refractivity contribution >= 4 is 39.3 Å². The van der Waals surface area contributed by atoms with Crippen molar-refractivity contribution in [3.05, 3.63) is 20.8 Å². The number of hydrogen-bond acceptors (Lipinski definition) is 3. The molecule has 0 aliphatic heterocycles. The number of hydrogen-bond donors (Lipinski definition) is 2. The first kappa shape index (κ1) is 14.3. The zero-order chi connectivity index (χ0) is 13.8. The second-order valence-corrected chi connectivity index (χ2v) is 6.52. The van der Waals surface area contributed by atoms with E-state index in [1.165, 1.54) is 4.90 Å². The molecule has 5 nitrogen and oxygen atoms in total. The first-order valence-electron chi connectivity index (χ1n) is 6.02. The van der Waals surface area contributed by atoms with Gasteiger partial charge in [0.15, 0.2) is 0 Å². The predicted molar refractivity (Wildman–Crippen MR) is 76.2 cm³/mol. The maximum Gasteiger partial charge on any atom is 0.323 e. The number of nitrogens with zero attached hydrogens (tertiary/aromatic N) is 1. The van der Waals surface area contributed by atoms with Gasteiger partial charge in [-0.25, -0.2) is 4.79 Å². The molecular weight excluding hydrogens is 332 g/mol. The number of carbonyl (C=O) groups excluding carboxylic acids is 1. The molecule has 1 aromatic rings. The molecule has 0 unspecified atom stereocenters. The Morgan fingerprint density at radius 3 is 2.79 bits per heavy atom. The summed E-state index contributed by atoms with van der Waals surface area (Å²) in [7, 11) is 0. The van der Waals surface area contributed by atoms with Gasteiger partial charge >= 0.3 is 12.0 Å². The molecule has 0 saturated heterocycles. The van der Waals surface area contributed by atoms with Crippen LogP contribution in [0.3, 0.4) is 0 Å². The minimum Gasteiger partial charge on any atom is -0.480 e. The fraction of sp³-hybridized carbons (Fsp3) is 0.500. The van der Waals surface area contributed by atoms with Gasteiger partial charge in [-0.15, -0.1) is 11.3 Å². The van der Waals surface area contributed by atoms with Crippen LogP contribution in [0.4, 0.5) is 4.79 Å². The zero-order valence-electron chi connectivity index (χ0n) is 10.3. The van der Waals surface area contributed by atoms with Crippen LogP contribution in [-0.2, 0) is 11.3 Å². The normalized spacial score (nSPS) is 14.2. The van der Waals surface area contributed by atoms with Crippen LogP contribution in [0.15, 0.2) is 15.9 Å². The van der Waals surface area contributed by atoms with Crippen LogP contribution in [0.2, 0.25) is 0 Å². The number of carboxylic acid groups (broad SMARTS) is 1. The number of urea groups is 1. The van der Waals surface area contributed by atoms with Gasteiger partial charge < -0.3 is 15.3 Å². The molecule has 0 bridgehead atoms. The summed E-state index contributed by atoms with van der Waals surface area (Å²) in [6.45, 7) is 0.721. The van der Waals surface area contributed by atoms with Gasteiger partial charge in [0.1, 0.15) is 6.54 Å². The third-order valence-electron chi connectivity index (χ3n) is 2.82. The molecule has 1 aromatic heterocycles. The van der Waals surface area contributed by atoms with E-state index < -0.39 is 5.97 Å². The van der Waals surface area contributed by atoms with Crippen molar-refractivity contribution in [1.29, 1.82) is 0 Å². The Morgan fingerprint density at radius 1 is 1.53 bits per heavy atom. The minimum atomic E-state index is -0.977. The molecule has 2 rings (SSSR count). The van der Waals surface area contributed by atoms with E-state index in [1.807, 2.05) is 11.4 Å². The van der Waals surface area contributed by atoms with Crippen LogP contribution in [0.25, 0.3) is 0 Å². The Labute approximate surface area is 123 Å². The van der Waals surface area contributed by atoms with Gasteiger partial charge in [0.05, 0.1) is 6.54 Å². The van der Waals surface area contributed by atoms with Crippen LogP contribution >= 0.6 is 27.3 Å². The SMILES string of the molecule is O=C(O)CN(CC1CC1)C(=O)NCc1cc(Br)cs1. The highest BCUT2D eigenvalue weighted by atomic mass is 79.9. The summed E-state index contributed by atoms with van der Waals surface area (Å²) in [5.74, 6) is -0.504. The minimum absolute atomic E-state index is 0.240. The number of thiophene rings is 1. The molecule has 19 heavy (non-hydrogen) atoms. The van der Waals surface area contributed by atoms with E-state index in [1.54, 1.807) is 11.3 Å². The Bertz CT molecular complexity index is 473. The lowest BCUT2D eigenvalue weighted by Crippen LogP contribution is -2.43. The van der Waals surface area contributed by atoms with Gasteiger partial charge in [0.2, 0.25) is 0 Å². The van der Waals surface area contributed by atoms with Gasteiger partial charge in [0, 0.05) is 21.3 Å². The van der Waals surface area contributed by atoms with Gasteiger partial charge in [-0.1, -0.05) is 0 Å². The molecule has 0 atom stereocenters. The Kier molecular flexibility index (Phi) is 4.81. The topological polar surface area (TPSA) is 69.6 Å². The summed E-state index contributed by atoms with van der Waals surface area (Å²) in [5.41, 5.74) is 0. The summed E-state index contributed by atoms with van der Waals surface area (Å²) in [5, 5.41) is 13.5. The predicted octanol–water partition coefficient (Wildman–Crippen LogP) is 2.52. The lowest BCUT2D eigenvalue weighted by molar-refractivity contribution is -0.137. The fourth-order valence-electron chi connectivity index (χ4n) is 1.72. The molecule has 0 spiro atoms. The molecule has 0 aromatic carbocycles. The molecule has 2 N–H and O–H groups in total. The zero-order valence-corrected chi connectivity index (χ0v) is 12.7. The van der Waals surface area contributed by atoms with E-state index in [-0.39, 0.29) is 12.6 Å². The molecule has 7 heteroatoms. The van der Waals surface area contributed by atoms with E-state index >= 15 is 0 Å². The average Bonchev–Trinajstić information content (AvgIpc) is 3.06. The van der Waals surface area contributed by atoms with E-state index in [9.17, 15) is 9.59 Å². The van der Waals surface area contributed by atoms with Crippen molar-refractivity contribution < 1.29 is 14.7 Å². The molecule has 1 heterocycles. The van der Waals surface area contributed by atoms with Crippen molar-refractivity contribution in [2.75, 3.05) is 13.1 Å². The van der Waals surface area contributed by atoms with Crippen LogP contribution in [0.1, 0.15) is 17.7 Å². The number of nitrogens with one attached hydrogen (secondary N) is 1. The smallest absolute Gasteiger partial charge is 0.323 e. The maximum atomic E-state index is 12.0. The monoisotopic (exact) mass is 346 g/mol. The molecule has 2 amide bonds. The quantitative estimate of drug-likeness (QED) is 0.831. The van der Waals surface area contributed by atoms with Gasteiger partial charge in [-0.05, 0) is 40.8 Å². The van der Waals surface area contributed by atoms with Crippen LogP contribution in [-0.4, -0.2) is 35.1 Å². The van der Waals surface area contributed by atoms with Gasteiger partial charge in [-0.3, -0.25) is 4.79 Å². The van der Waals surface area contributed by atoms with Crippen molar-refractivity contribution in [3.8, 4) is 0 Å². The van der Waals surface area contributed by atoms with Crippen molar-refractivity contribution in [2.45, 2.75) is 19.4 Å². The van der Waals surface area contributed by atoms with Crippen molar-refractivity contribution in [1.82, 2.24) is 10.2 Å². The summed E-state index contributed by atoms with van der Waals surface area (Å²) < 4.78 is 0.988. The number of amides is 2. The van der Waals surface area contributed by atoms with Gasteiger partial charge in [-0.2, -0.15) is 0 Å². The largest absolute Gasteiger partial charge is 0.480 e. The summed E-state index contributed by atoms with van der Waals surface area (Å²) in [4.78, 5) is 25.1. The van der Waals surface area contributed by atoms with Crippen LogP contribution in [0, 0.1) is 5.92 Å². The molecule has 1 saturated carbocycles. The summed E-state index contributed by atoms with van der Waals surface area (Å²) >= 11 is 4.90. The Morgan fingerprint density at radius 2 is 2.26 bits per heavy atom. The Hall–Kier alpha value is -1.08. The highest BCUT2D eigenvalue weighted by molar-refractivity contribution is 9.10. The van der Waals surface area contributed by atoms with Gasteiger partial charge in [0.25, 0.3) is 0 Å². The third kappa shape index (κ3) is 4.83. The number of carbonyl (C=O) groups is 2. The average molecular weight is 347 g/mol. The number of carboxylic acids is 1. The molecule has 104 valence electrons. The maximum absolute atomic E-state index is 12.0. The molecule has 1 fully saturated rings. The second-order valence-electron chi connectivity index (χ2n) is 4.61. The number of halogens is 1. The number of aliphatic carboxylic acids is 1. The second kappa shape index (κ2) is 6.38. The van der Waals surface area contributed by atoms with Crippen molar-refractivity contribution in [3.63, 3.8) is 0 Å². The molecular formula is C12H15BrN2O3S. The van der Waals surface area contributed by atoms with Crippen LogP contribution in [0.5, 0.6) is 0 Å². The highest BCUT2D eigenvalue weighted by Gasteiger charge is 2.27. The summed E-state index contributed by atoms with van der Waals surface area (Å²) in [6.07, 6.45) is 2.17. The standard InChI is InChI=1S/C12H15BrN2O3S/c13-9-3-10(19-7-9)4-14-12(18)15(6-11(16)17)5-8-1-2-8/h3,7-8H,1-2,4-6H2,(H,14,18)(H,16,17). The highest BCUT2D eigenvalue weighted by Crippen LogP contribution is 2.29. The third-order valence-corrected chi connectivity index (χ3v) is 4.52. The van der Waals surface area contributed by atoms with E-state index in [0.717, 1.165) is 22.2 Å². The van der Waals surface area contributed by atoms with Crippen LogP contribution < -0.4 is 5.32 Å². The number of rotatable bonds is 6. The first-order chi connectivity index (χ1) is 9.04. The summed E-state index contributed by atoms with van der Waals surface area (Å²) in [6, 6.07) is 1.63. The van der Waals surface area contributed by atoms with E-state index in [0.29, 0.717) is 19.0 Å². The fourth-order valence-corrected chi connectivity index (χ4v) is 3.11. The first-order valence-corrected chi connectivity index (χ1v) is 7.69. The molecule has 0 radical (unpaired) electrons. The lowest BCUT2D eigenvalue weighted by Gasteiger charge is -2.20.